The van der Waals surface area contributed by atoms with Gasteiger partial charge in [0.25, 0.3) is 5.91 Å². The molecular weight excluding hydrogens is 540 g/mol. The van der Waals surface area contributed by atoms with Gasteiger partial charge in [-0.15, -0.1) is 0 Å². The number of aromatic nitrogens is 2. The van der Waals surface area contributed by atoms with Crippen molar-refractivity contribution in [3.63, 3.8) is 0 Å². The normalized spacial score (nSPS) is 13.8. The topological polar surface area (TPSA) is 98.1 Å². The zero-order chi connectivity index (χ0) is 26.5. The number of nitrogens with one attached hydrogen (secondary N) is 1. The molecule has 188 valence electrons. The minimum absolute atomic E-state index is 0.0275. The van der Waals surface area contributed by atoms with Crippen molar-refractivity contribution < 1.29 is 22.4 Å². The summed E-state index contributed by atoms with van der Waals surface area (Å²) in [5.74, 6) is -1.70. The number of hydrogen-bond donors (Lipinski definition) is 1. The van der Waals surface area contributed by atoms with Crippen molar-refractivity contribution in [1.82, 2.24) is 14.3 Å². The predicted octanol–water partition coefficient (Wildman–Crippen LogP) is 5.29. The molecule has 11 heteroatoms. The summed E-state index contributed by atoms with van der Waals surface area (Å²) >= 11 is 12.9. The number of carbonyl (C=O) groups excluding carboxylic acids is 2. The van der Waals surface area contributed by atoms with E-state index in [1.54, 1.807) is 47.1 Å². The highest BCUT2D eigenvalue weighted by molar-refractivity contribution is 7.89. The zero-order valence-corrected chi connectivity index (χ0v) is 21.6. The van der Waals surface area contributed by atoms with Gasteiger partial charge in [-0.05, 0) is 24.3 Å². The molecule has 1 aliphatic carbocycles. The third-order valence-corrected chi connectivity index (χ3v) is 7.21. The fourth-order valence-corrected chi connectivity index (χ4v) is 5.32. The summed E-state index contributed by atoms with van der Waals surface area (Å²) in [4.78, 5) is 30.6. The van der Waals surface area contributed by atoms with E-state index < -0.39 is 21.7 Å². The lowest BCUT2D eigenvalue weighted by atomic mass is 9.93. The number of amides is 1. The van der Waals surface area contributed by atoms with Crippen LogP contribution in [0, 0.1) is 5.82 Å². The summed E-state index contributed by atoms with van der Waals surface area (Å²) in [6.07, 6.45) is 7.35. The number of fused-ring (bicyclic) bond motifs is 2. The van der Waals surface area contributed by atoms with Gasteiger partial charge in [0.1, 0.15) is 17.0 Å². The molecule has 0 aliphatic heterocycles. The molecule has 0 bridgehead atoms. The number of sulfonamides is 1. The number of hydrogen-bond acceptors (Lipinski definition) is 5. The molecule has 7 nitrogen and oxygen atoms in total. The number of nitrogens with zero attached hydrogens (tertiary/aromatic N) is 2. The minimum atomic E-state index is -3.95. The predicted molar refractivity (Wildman–Crippen MR) is 142 cm³/mol. The van der Waals surface area contributed by atoms with E-state index in [0.29, 0.717) is 26.9 Å². The van der Waals surface area contributed by atoms with Crippen LogP contribution in [0.3, 0.4) is 0 Å². The SMILES string of the molecule is CS(=O)(=O)NC(=O)c1c(C2=CC=CCC2=O)c2cc(Cl)ccc2n1Cc1cnc2c(F)cccc2c1Cl. The largest absolute Gasteiger partial charge is 0.331 e. The van der Waals surface area contributed by atoms with Gasteiger partial charge in [0.05, 0.1) is 17.8 Å². The maximum absolute atomic E-state index is 14.3. The molecule has 1 amide bonds. The van der Waals surface area contributed by atoms with Gasteiger partial charge in [0.2, 0.25) is 10.0 Å². The Labute approximate surface area is 221 Å². The van der Waals surface area contributed by atoms with Crippen LogP contribution >= 0.6 is 23.2 Å². The lowest BCUT2D eigenvalue weighted by molar-refractivity contribution is -0.113. The second kappa shape index (κ2) is 9.41. The van der Waals surface area contributed by atoms with Crippen LogP contribution in [0.5, 0.6) is 0 Å². The fourth-order valence-electron chi connectivity index (χ4n) is 4.46. The highest BCUT2D eigenvalue weighted by Gasteiger charge is 2.30. The molecule has 1 N–H and O–H groups in total. The molecule has 0 unspecified atom stereocenters. The van der Waals surface area contributed by atoms with Crippen molar-refractivity contribution in [2.24, 2.45) is 0 Å². The molecule has 1 aliphatic rings. The monoisotopic (exact) mass is 557 g/mol. The van der Waals surface area contributed by atoms with Gasteiger partial charge in [-0.1, -0.05) is 53.6 Å². The van der Waals surface area contributed by atoms with E-state index in [1.165, 1.54) is 18.3 Å². The Morgan fingerprint density at radius 3 is 2.70 bits per heavy atom. The number of rotatable bonds is 5. The Balaban J connectivity index is 1.81. The number of allylic oxidation sites excluding steroid dienone is 4. The van der Waals surface area contributed by atoms with Crippen LogP contribution in [-0.2, 0) is 21.4 Å². The quantitative estimate of drug-likeness (QED) is 0.359. The summed E-state index contributed by atoms with van der Waals surface area (Å²) in [6.45, 7) is -0.0275. The molecule has 2 aromatic heterocycles. The smallest absolute Gasteiger partial charge is 0.282 e. The molecule has 2 heterocycles. The molecule has 0 atom stereocenters. The molecule has 37 heavy (non-hydrogen) atoms. The first-order valence-electron chi connectivity index (χ1n) is 11.0. The Kier molecular flexibility index (Phi) is 6.39. The second-order valence-corrected chi connectivity index (χ2v) is 11.1. The van der Waals surface area contributed by atoms with Crippen LogP contribution in [0.15, 0.2) is 60.8 Å². The van der Waals surface area contributed by atoms with Crippen LogP contribution < -0.4 is 4.72 Å². The van der Waals surface area contributed by atoms with E-state index in [-0.39, 0.29) is 46.1 Å². The number of benzene rings is 2. The van der Waals surface area contributed by atoms with Gasteiger partial charge in [-0.3, -0.25) is 14.6 Å². The third kappa shape index (κ3) is 4.66. The van der Waals surface area contributed by atoms with Crippen molar-refractivity contribution in [2.75, 3.05) is 6.26 Å². The van der Waals surface area contributed by atoms with Crippen molar-refractivity contribution in [2.45, 2.75) is 13.0 Å². The average molecular weight is 558 g/mol. The summed E-state index contributed by atoms with van der Waals surface area (Å²) in [7, 11) is -3.95. The van der Waals surface area contributed by atoms with Crippen molar-refractivity contribution in [1.29, 1.82) is 0 Å². The Hall–Kier alpha value is -3.53. The summed E-state index contributed by atoms with van der Waals surface area (Å²) in [6, 6.07) is 9.32. The van der Waals surface area contributed by atoms with Crippen LogP contribution in [0.1, 0.15) is 28.0 Å². The van der Waals surface area contributed by atoms with Crippen molar-refractivity contribution >= 4 is 72.3 Å². The number of carbonyl (C=O) groups is 2. The minimum Gasteiger partial charge on any atom is -0.331 e. The third-order valence-electron chi connectivity index (χ3n) is 5.97. The molecule has 0 fully saturated rings. The van der Waals surface area contributed by atoms with Gasteiger partial charge in [-0.2, -0.15) is 0 Å². The van der Waals surface area contributed by atoms with Crippen LogP contribution in [0.2, 0.25) is 10.0 Å². The van der Waals surface area contributed by atoms with Crippen LogP contribution in [0.4, 0.5) is 4.39 Å². The maximum Gasteiger partial charge on any atom is 0.282 e. The average Bonchev–Trinajstić information content (AvgIpc) is 3.13. The molecule has 5 rings (SSSR count). The molecule has 2 aromatic carbocycles. The molecule has 0 saturated carbocycles. The van der Waals surface area contributed by atoms with Gasteiger partial charge in [-0.25, -0.2) is 17.5 Å². The lowest BCUT2D eigenvalue weighted by Crippen LogP contribution is -2.32. The Morgan fingerprint density at radius 2 is 1.97 bits per heavy atom. The molecule has 0 radical (unpaired) electrons. The fraction of sp³-hybridized carbons (Fsp3) is 0.115. The first-order chi connectivity index (χ1) is 17.5. The first-order valence-corrected chi connectivity index (χ1v) is 13.7. The van der Waals surface area contributed by atoms with E-state index in [4.69, 9.17) is 23.2 Å². The van der Waals surface area contributed by atoms with Crippen molar-refractivity contribution in [3.8, 4) is 0 Å². The highest BCUT2D eigenvalue weighted by atomic mass is 35.5. The van der Waals surface area contributed by atoms with E-state index in [9.17, 15) is 22.4 Å². The number of pyridine rings is 1. The van der Waals surface area contributed by atoms with E-state index in [0.717, 1.165) is 6.26 Å². The first kappa shape index (κ1) is 25.1. The molecule has 0 saturated heterocycles. The van der Waals surface area contributed by atoms with Gasteiger partial charge in [0.15, 0.2) is 5.78 Å². The second-order valence-electron chi connectivity index (χ2n) is 8.54. The standard InChI is InChI=1S/C26H18Cl2FN3O4S/c1-37(35,36)31-26(34)25-22(16-5-2-3-8-21(16)33)18-11-15(27)9-10-20(18)32(25)13-14-12-30-24-17(23(14)28)6-4-7-19(24)29/h2-7,9-12H,8,13H2,1H3,(H,31,34). The van der Waals surface area contributed by atoms with Gasteiger partial charge >= 0.3 is 0 Å². The Morgan fingerprint density at radius 1 is 1.19 bits per heavy atom. The summed E-state index contributed by atoms with van der Waals surface area (Å²) in [5, 5.41) is 1.46. The summed E-state index contributed by atoms with van der Waals surface area (Å²) in [5.41, 5.74) is 1.50. The number of ketones is 1. The maximum atomic E-state index is 14.3. The van der Waals surface area contributed by atoms with E-state index in [1.807, 2.05) is 4.72 Å². The van der Waals surface area contributed by atoms with Gasteiger partial charge < -0.3 is 4.57 Å². The lowest BCUT2D eigenvalue weighted by Gasteiger charge is -2.15. The van der Waals surface area contributed by atoms with Crippen LogP contribution in [0.25, 0.3) is 27.4 Å². The zero-order valence-electron chi connectivity index (χ0n) is 19.3. The molecular formula is C26H18Cl2FN3O4S. The van der Waals surface area contributed by atoms with E-state index in [2.05, 4.69) is 4.98 Å². The Bertz CT molecular complexity index is 1810. The number of Topliss-reactive ketones (excluding diaryl/α,β-unsaturated/α-hetero) is 1. The number of para-hydroxylation sites is 1. The highest BCUT2D eigenvalue weighted by Crippen LogP contribution is 2.37. The summed E-state index contributed by atoms with van der Waals surface area (Å²) < 4.78 is 41.9. The van der Waals surface area contributed by atoms with E-state index >= 15 is 0 Å². The molecule has 4 aromatic rings. The molecule has 0 spiro atoms. The van der Waals surface area contributed by atoms with Gasteiger partial charge in [0, 0.05) is 50.6 Å². The number of halogens is 3. The van der Waals surface area contributed by atoms with Crippen molar-refractivity contribution in [3.05, 3.63) is 93.5 Å². The van der Waals surface area contributed by atoms with Crippen LogP contribution in [-0.4, -0.2) is 35.9 Å².